The maximum absolute atomic E-state index is 12.5. The number of phenols is 1. The van der Waals surface area contributed by atoms with Crippen molar-refractivity contribution in [3.05, 3.63) is 54.9 Å². The van der Waals surface area contributed by atoms with Crippen LogP contribution >= 0.6 is 0 Å². The van der Waals surface area contributed by atoms with Gasteiger partial charge >= 0.3 is 5.97 Å². The predicted octanol–water partition coefficient (Wildman–Crippen LogP) is 0.333. The van der Waals surface area contributed by atoms with Gasteiger partial charge in [-0.1, -0.05) is 6.08 Å². The number of carbonyl (C=O) groups is 2. The van der Waals surface area contributed by atoms with Gasteiger partial charge in [0, 0.05) is 37.1 Å². The first kappa shape index (κ1) is 25.9. The smallest absolute Gasteiger partial charge is 0.341 e. The van der Waals surface area contributed by atoms with Gasteiger partial charge < -0.3 is 31.5 Å². The van der Waals surface area contributed by atoms with Crippen LogP contribution in [-0.4, -0.2) is 76.8 Å². The quantitative estimate of drug-likeness (QED) is 0.281. The topological polar surface area (TPSA) is 188 Å². The normalized spacial score (nSPS) is 16.2. The van der Waals surface area contributed by atoms with Crippen molar-refractivity contribution in [3.8, 4) is 5.75 Å². The zero-order valence-electron chi connectivity index (χ0n) is 18.9. The minimum Gasteiger partial charge on any atom is -0.506 e. The van der Waals surface area contributed by atoms with E-state index in [9.17, 15) is 28.2 Å². The van der Waals surface area contributed by atoms with Gasteiger partial charge in [0.25, 0.3) is 5.91 Å². The fourth-order valence-corrected chi connectivity index (χ4v) is 4.85. The Balaban J connectivity index is 1.62. The molecule has 1 aromatic heterocycles. The molecule has 3 rings (SSSR count). The van der Waals surface area contributed by atoms with E-state index >= 15 is 0 Å². The molecule has 1 saturated heterocycles. The van der Waals surface area contributed by atoms with Gasteiger partial charge in [-0.3, -0.25) is 4.79 Å². The van der Waals surface area contributed by atoms with E-state index in [0.717, 1.165) is 18.9 Å². The molecule has 0 bridgehead atoms. The highest BCUT2D eigenvalue weighted by atomic mass is 32.2. The van der Waals surface area contributed by atoms with Crippen LogP contribution in [0.4, 0.5) is 11.6 Å². The lowest BCUT2D eigenvalue weighted by Gasteiger charge is -2.34. The summed E-state index contributed by atoms with van der Waals surface area (Å²) >= 11 is 0. The van der Waals surface area contributed by atoms with Crippen LogP contribution in [0.3, 0.4) is 0 Å². The Morgan fingerprint density at radius 3 is 2.49 bits per heavy atom. The Morgan fingerprint density at radius 1 is 1.26 bits per heavy atom. The van der Waals surface area contributed by atoms with Gasteiger partial charge in [-0.2, -0.15) is 0 Å². The monoisotopic (exact) mass is 504 g/mol. The standard InChI is InChI=1S/C22H28N6O6S/c1-2-12-35(33,34)22(23,20(31)32)14-26-19(30)15-4-5-17(18(29)13-15)28-10-6-16(7-11-28)27-21-24-8-3-9-25-21/h2-5,8-9,13,16,29H,1,6-7,10-12,14,23H2,(H,26,30)(H,31,32)(H,24,25,27). The number of anilines is 2. The second-order valence-corrected chi connectivity index (χ2v) is 10.4. The average molecular weight is 505 g/mol. The first-order valence-corrected chi connectivity index (χ1v) is 12.5. The first-order valence-electron chi connectivity index (χ1n) is 10.8. The van der Waals surface area contributed by atoms with E-state index in [4.69, 9.17) is 5.73 Å². The number of aromatic nitrogens is 2. The lowest BCUT2D eigenvalue weighted by Crippen LogP contribution is -2.61. The highest BCUT2D eigenvalue weighted by Crippen LogP contribution is 2.31. The first-order chi connectivity index (χ1) is 16.6. The molecule has 13 heteroatoms. The summed E-state index contributed by atoms with van der Waals surface area (Å²) in [4.78, 5) is 31.7. The van der Waals surface area contributed by atoms with E-state index in [0.29, 0.717) is 24.7 Å². The van der Waals surface area contributed by atoms with Crippen LogP contribution in [0.2, 0.25) is 0 Å². The number of nitrogens with two attached hydrogens (primary N) is 1. The Labute approximate surface area is 202 Å². The largest absolute Gasteiger partial charge is 0.506 e. The summed E-state index contributed by atoms with van der Waals surface area (Å²) in [5.74, 6) is -2.80. The third-order valence-electron chi connectivity index (χ3n) is 5.74. The number of piperidine rings is 1. The number of nitrogens with one attached hydrogen (secondary N) is 2. The summed E-state index contributed by atoms with van der Waals surface area (Å²) in [6, 6.07) is 6.21. The van der Waals surface area contributed by atoms with E-state index in [-0.39, 0.29) is 17.4 Å². The summed E-state index contributed by atoms with van der Waals surface area (Å²) in [6.45, 7) is 3.73. The van der Waals surface area contributed by atoms with Gasteiger partial charge in [0.05, 0.1) is 18.0 Å². The van der Waals surface area contributed by atoms with Gasteiger partial charge in [-0.15, -0.1) is 6.58 Å². The molecule has 188 valence electrons. The van der Waals surface area contributed by atoms with Crippen molar-refractivity contribution in [1.82, 2.24) is 15.3 Å². The fraction of sp³-hybridized carbons (Fsp3) is 0.364. The van der Waals surface area contributed by atoms with Crippen LogP contribution in [0, 0.1) is 0 Å². The maximum Gasteiger partial charge on any atom is 0.341 e. The number of phenolic OH excluding ortho intramolecular Hbond substituents is 1. The fourth-order valence-electron chi connectivity index (χ4n) is 3.69. The van der Waals surface area contributed by atoms with Crippen molar-refractivity contribution in [2.75, 3.05) is 35.6 Å². The molecule has 0 saturated carbocycles. The van der Waals surface area contributed by atoms with Crippen LogP contribution in [0.15, 0.2) is 49.3 Å². The molecule has 1 aliphatic rings. The SMILES string of the molecule is C=CCS(=O)(=O)C(N)(CNC(=O)c1ccc(N2CCC(Nc3ncccn3)CC2)c(O)c1)C(=O)O. The zero-order valence-corrected chi connectivity index (χ0v) is 19.7. The van der Waals surface area contributed by atoms with Gasteiger partial charge in [0.15, 0.2) is 9.84 Å². The number of carboxylic acid groups (broad SMARTS) is 1. The molecule has 1 fully saturated rings. The predicted molar refractivity (Wildman–Crippen MR) is 130 cm³/mol. The van der Waals surface area contributed by atoms with Gasteiger partial charge in [-0.05, 0) is 37.1 Å². The van der Waals surface area contributed by atoms with Gasteiger partial charge in [-0.25, -0.2) is 23.2 Å². The molecule has 1 aromatic carbocycles. The Hall–Kier alpha value is -3.71. The van der Waals surface area contributed by atoms with E-state index in [2.05, 4.69) is 27.2 Å². The second kappa shape index (κ2) is 10.7. The molecular weight excluding hydrogens is 476 g/mol. The summed E-state index contributed by atoms with van der Waals surface area (Å²) in [7, 11) is -4.33. The lowest BCUT2D eigenvalue weighted by atomic mass is 10.0. The summed E-state index contributed by atoms with van der Waals surface area (Å²) in [6.07, 6.45) is 5.91. The number of sulfone groups is 1. The number of hydrogen-bond donors (Lipinski definition) is 5. The Bertz CT molecular complexity index is 1180. The highest BCUT2D eigenvalue weighted by Gasteiger charge is 2.47. The third-order valence-corrected chi connectivity index (χ3v) is 7.84. The Kier molecular flexibility index (Phi) is 7.92. The molecule has 1 unspecified atom stereocenters. The van der Waals surface area contributed by atoms with Crippen LogP contribution in [0.5, 0.6) is 5.75 Å². The number of rotatable bonds is 10. The molecule has 6 N–H and O–H groups in total. The lowest BCUT2D eigenvalue weighted by molar-refractivity contribution is -0.139. The molecule has 0 spiro atoms. The minimum atomic E-state index is -4.33. The van der Waals surface area contributed by atoms with E-state index in [1.54, 1.807) is 24.5 Å². The molecular formula is C22H28N6O6S. The van der Waals surface area contributed by atoms with Crippen molar-refractivity contribution in [3.63, 3.8) is 0 Å². The number of carboxylic acids is 1. The zero-order chi connectivity index (χ0) is 25.6. The maximum atomic E-state index is 12.5. The van der Waals surface area contributed by atoms with E-state index < -0.39 is 38.9 Å². The molecule has 2 aromatic rings. The van der Waals surface area contributed by atoms with Crippen molar-refractivity contribution in [1.29, 1.82) is 0 Å². The number of benzene rings is 1. The molecule has 35 heavy (non-hydrogen) atoms. The second-order valence-electron chi connectivity index (χ2n) is 8.13. The highest BCUT2D eigenvalue weighted by molar-refractivity contribution is 7.93. The van der Waals surface area contributed by atoms with Crippen LogP contribution in [0.25, 0.3) is 0 Å². The van der Waals surface area contributed by atoms with Gasteiger partial charge in [0.1, 0.15) is 5.75 Å². The number of carbonyl (C=O) groups excluding carboxylic acids is 1. The molecule has 1 atom stereocenters. The Morgan fingerprint density at radius 2 is 1.91 bits per heavy atom. The van der Waals surface area contributed by atoms with Crippen LogP contribution < -0.4 is 21.3 Å². The van der Waals surface area contributed by atoms with Crippen molar-refractivity contribution < 1.29 is 28.2 Å². The van der Waals surface area contributed by atoms with Gasteiger partial charge in [0.2, 0.25) is 10.8 Å². The number of aromatic hydroxyl groups is 1. The number of hydrogen-bond acceptors (Lipinski definition) is 10. The minimum absolute atomic E-state index is 0.0258. The molecule has 1 amide bonds. The number of amides is 1. The molecule has 0 radical (unpaired) electrons. The van der Waals surface area contributed by atoms with E-state index in [1.807, 2.05) is 4.90 Å². The summed E-state index contributed by atoms with van der Waals surface area (Å²) in [5, 5.41) is 25.4. The van der Waals surface area contributed by atoms with Crippen LogP contribution in [-0.2, 0) is 14.6 Å². The number of nitrogens with zero attached hydrogens (tertiary/aromatic N) is 3. The summed E-state index contributed by atoms with van der Waals surface area (Å²) < 4.78 is 24.5. The van der Waals surface area contributed by atoms with Crippen molar-refractivity contribution >= 4 is 33.3 Å². The van der Waals surface area contributed by atoms with Crippen molar-refractivity contribution in [2.24, 2.45) is 5.73 Å². The molecule has 0 aliphatic carbocycles. The average Bonchev–Trinajstić information content (AvgIpc) is 2.83. The van der Waals surface area contributed by atoms with Crippen LogP contribution in [0.1, 0.15) is 23.2 Å². The summed E-state index contributed by atoms with van der Waals surface area (Å²) in [5.41, 5.74) is 6.19. The molecule has 1 aliphatic heterocycles. The molecule has 2 heterocycles. The molecule has 12 nitrogen and oxygen atoms in total. The van der Waals surface area contributed by atoms with Crippen molar-refractivity contribution in [2.45, 2.75) is 23.8 Å². The third kappa shape index (κ3) is 5.87. The number of aliphatic carboxylic acids is 1. The van der Waals surface area contributed by atoms with E-state index in [1.165, 1.54) is 12.1 Å².